The molecule has 1 aromatic carbocycles. The summed E-state index contributed by atoms with van der Waals surface area (Å²) >= 11 is 0. The van der Waals surface area contributed by atoms with Crippen molar-refractivity contribution in [2.75, 3.05) is 0 Å². The van der Waals surface area contributed by atoms with E-state index < -0.39 is 0 Å². The van der Waals surface area contributed by atoms with Gasteiger partial charge < -0.3 is 4.74 Å². The summed E-state index contributed by atoms with van der Waals surface area (Å²) in [5, 5.41) is 0. The highest BCUT2D eigenvalue weighted by Gasteiger charge is 2.29. The van der Waals surface area contributed by atoms with Gasteiger partial charge in [0.1, 0.15) is 5.75 Å². The molecule has 2 aliphatic rings. The molecule has 0 aliphatic heterocycles. The van der Waals surface area contributed by atoms with Gasteiger partial charge in [0.05, 0.1) is 6.10 Å². The molecule has 0 aromatic heterocycles. The smallest absolute Gasteiger partial charge is 0.119 e. The zero-order valence-corrected chi connectivity index (χ0v) is 11.6. The van der Waals surface area contributed by atoms with E-state index in [0.717, 1.165) is 11.7 Å². The molecule has 19 heavy (non-hydrogen) atoms. The highest BCUT2D eigenvalue weighted by atomic mass is 16.5. The highest BCUT2D eigenvalue weighted by molar-refractivity contribution is 5.30. The molecule has 0 radical (unpaired) electrons. The Morgan fingerprint density at radius 2 is 1.89 bits per heavy atom. The molecule has 3 unspecified atom stereocenters. The first-order valence-corrected chi connectivity index (χ1v) is 7.49. The summed E-state index contributed by atoms with van der Waals surface area (Å²) in [5.41, 5.74) is 4.29. The molecule has 104 valence electrons. The van der Waals surface area contributed by atoms with Gasteiger partial charge >= 0.3 is 0 Å². The SMILES string of the molecule is CC1CCC(C(NN)c2ccc(OC3CC3)cc2)C1. The fraction of sp³-hybridized carbons (Fsp3) is 0.625. The Morgan fingerprint density at radius 3 is 2.42 bits per heavy atom. The lowest BCUT2D eigenvalue weighted by molar-refractivity contribution is 0.302. The average molecular weight is 260 g/mol. The Balaban J connectivity index is 1.68. The van der Waals surface area contributed by atoms with Crippen LogP contribution in [-0.2, 0) is 0 Å². The minimum Gasteiger partial charge on any atom is -0.490 e. The maximum Gasteiger partial charge on any atom is 0.119 e. The molecular weight excluding hydrogens is 236 g/mol. The zero-order chi connectivity index (χ0) is 13.2. The van der Waals surface area contributed by atoms with Gasteiger partial charge in [0.15, 0.2) is 0 Å². The molecule has 2 saturated carbocycles. The van der Waals surface area contributed by atoms with Crippen molar-refractivity contribution in [1.82, 2.24) is 5.43 Å². The van der Waals surface area contributed by atoms with Crippen molar-refractivity contribution in [3.63, 3.8) is 0 Å². The van der Waals surface area contributed by atoms with Gasteiger partial charge in [-0.3, -0.25) is 11.3 Å². The van der Waals surface area contributed by atoms with Gasteiger partial charge in [-0.05, 0) is 55.2 Å². The van der Waals surface area contributed by atoms with Gasteiger partial charge in [-0.2, -0.15) is 0 Å². The van der Waals surface area contributed by atoms with E-state index in [1.807, 2.05) is 0 Å². The van der Waals surface area contributed by atoms with Crippen LogP contribution in [-0.4, -0.2) is 6.10 Å². The number of hydrazine groups is 1. The molecule has 1 aromatic rings. The fourth-order valence-corrected chi connectivity index (χ4v) is 3.19. The third kappa shape index (κ3) is 3.10. The Kier molecular flexibility index (Phi) is 3.76. The lowest BCUT2D eigenvalue weighted by atomic mass is 9.91. The van der Waals surface area contributed by atoms with Crippen molar-refractivity contribution in [2.45, 2.75) is 51.2 Å². The van der Waals surface area contributed by atoms with Crippen molar-refractivity contribution < 1.29 is 4.74 Å². The van der Waals surface area contributed by atoms with Crippen molar-refractivity contribution >= 4 is 0 Å². The van der Waals surface area contributed by atoms with E-state index in [2.05, 4.69) is 36.6 Å². The predicted molar refractivity (Wildman–Crippen MR) is 76.7 cm³/mol. The summed E-state index contributed by atoms with van der Waals surface area (Å²) < 4.78 is 5.78. The molecule has 3 nitrogen and oxygen atoms in total. The van der Waals surface area contributed by atoms with Gasteiger partial charge in [0.2, 0.25) is 0 Å². The maximum absolute atomic E-state index is 5.78. The first-order chi connectivity index (χ1) is 9.26. The second kappa shape index (κ2) is 5.51. The summed E-state index contributed by atoms with van der Waals surface area (Å²) in [6, 6.07) is 8.75. The van der Waals surface area contributed by atoms with E-state index in [1.54, 1.807) is 0 Å². The Labute approximate surface area is 115 Å². The number of nitrogens with two attached hydrogens (primary N) is 1. The van der Waals surface area contributed by atoms with E-state index in [0.29, 0.717) is 12.0 Å². The standard InChI is InChI=1S/C16H24N2O/c1-11-2-3-13(10-11)16(18-17)12-4-6-14(7-5-12)19-15-8-9-15/h4-7,11,13,15-16,18H,2-3,8-10,17H2,1H3. The minimum absolute atomic E-state index is 0.278. The van der Waals surface area contributed by atoms with Crippen LogP contribution in [0.3, 0.4) is 0 Å². The van der Waals surface area contributed by atoms with E-state index in [-0.39, 0.29) is 6.04 Å². The first-order valence-electron chi connectivity index (χ1n) is 7.49. The molecule has 0 heterocycles. The number of benzene rings is 1. The van der Waals surface area contributed by atoms with Crippen LogP contribution in [0.1, 0.15) is 50.6 Å². The van der Waals surface area contributed by atoms with Crippen LogP contribution in [0.5, 0.6) is 5.75 Å². The maximum atomic E-state index is 5.78. The Morgan fingerprint density at radius 1 is 1.16 bits per heavy atom. The second-order valence-corrected chi connectivity index (χ2v) is 6.21. The molecule has 0 amide bonds. The summed E-state index contributed by atoms with van der Waals surface area (Å²) in [5.74, 6) is 8.26. The van der Waals surface area contributed by atoms with Crippen LogP contribution in [0.2, 0.25) is 0 Å². The van der Waals surface area contributed by atoms with Gasteiger partial charge in [0, 0.05) is 6.04 Å². The monoisotopic (exact) mass is 260 g/mol. The molecule has 3 N–H and O–H groups in total. The molecule has 3 rings (SSSR count). The molecule has 2 aliphatic carbocycles. The third-order valence-corrected chi connectivity index (χ3v) is 4.45. The van der Waals surface area contributed by atoms with E-state index in [4.69, 9.17) is 10.6 Å². The van der Waals surface area contributed by atoms with Crippen molar-refractivity contribution in [2.24, 2.45) is 17.7 Å². The molecule has 3 atom stereocenters. The molecular formula is C16H24N2O. The lowest BCUT2D eigenvalue weighted by Gasteiger charge is -2.23. The summed E-state index contributed by atoms with van der Waals surface area (Å²) in [6.07, 6.45) is 6.74. The lowest BCUT2D eigenvalue weighted by Crippen LogP contribution is -2.32. The quantitative estimate of drug-likeness (QED) is 0.631. The minimum atomic E-state index is 0.278. The van der Waals surface area contributed by atoms with Crippen LogP contribution in [0.25, 0.3) is 0 Å². The largest absolute Gasteiger partial charge is 0.490 e. The number of rotatable bonds is 5. The summed E-state index contributed by atoms with van der Waals surface area (Å²) in [6.45, 7) is 2.33. The van der Waals surface area contributed by atoms with Crippen molar-refractivity contribution in [3.05, 3.63) is 29.8 Å². The van der Waals surface area contributed by atoms with Crippen LogP contribution in [0.4, 0.5) is 0 Å². The van der Waals surface area contributed by atoms with Gasteiger partial charge in [-0.1, -0.05) is 25.5 Å². The van der Waals surface area contributed by atoms with Crippen molar-refractivity contribution in [1.29, 1.82) is 0 Å². The van der Waals surface area contributed by atoms with Gasteiger partial charge in [-0.15, -0.1) is 0 Å². The second-order valence-electron chi connectivity index (χ2n) is 6.21. The Hall–Kier alpha value is -1.06. The van der Waals surface area contributed by atoms with Crippen LogP contribution < -0.4 is 16.0 Å². The topological polar surface area (TPSA) is 47.3 Å². The molecule has 3 heteroatoms. The van der Waals surface area contributed by atoms with E-state index >= 15 is 0 Å². The van der Waals surface area contributed by atoms with E-state index in [9.17, 15) is 0 Å². The van der Waals surface area contributed by atoms with E-state index in [1.165, 1.54) is 37.7 Å². The Bertz CT molecular complexity index is 413. The average Bonchev–Trinajstić information content (AvgIpc) is 3.13. The summed E-state index contributed by atoms with van der Waals surface area (Å²) in [7, 11) is 0. The predicted octanol–water partition coefficient (Wildman–Crippen LogP) is 3.17. The number of ether oxygens (including phenoxy) is 1. The first kappa shape index (κ1) is 12.9. The highest BCUT2D eigenvalue weighted by Crippen LogP contribution is 2.39. The molecule has 0 saturated heterocycles. The number of hydrogen-bond acceptors (Lipinski definition) is 3. The third-order valence-electron chi connectivity index (χ3n) is 4.45. The molecule has 2 fully saturated rings. The van der Waals surface area contributed by atoms with Gasteiger partial charge in [-0.25, -0.2) is 0 Å². The molecule has 0 bridgehead atoms. The van der Waals surface area contributed by atoms with Crippen molar-refractivity contribution in [3.8, 4) is 5.75 Å². The summed E-state index contributed by atoms with van der Waals surface area (Å²) in [4.78, 5) is 0. The fourth-order valence-electron chi connectivity index (χ4n) is 3.19. The number of nitrogens with one attached hydrogen (secondary N) is 1. The van der Waals surface area contributed by atoms with Crippen LogP contribution >= 0.6 is 0 Å². The van der Waals surface area contributed by atoms with Crippen LogP contribution in [0.15, 0.2) is 24.3 Å². The molecule has 0 spiro atoms. The number of hydrogen-bond donors (Lipinski definition) is 2. The van der Waals surface area contributed by atoms with Crippen LogP contribution in [0, 0.1) is 11.8 Å². The van der Waals surface area contributed by atoms with Gasteiger partial charge in [0.25, 0.3) is 0 Å². The normalized spacial score (nSPS) is 28.3. The zero-order valence-electron chi connectivity index (χ0n) is 11.6.